The fourth-order valence-corrected chi connectivity index (χ4v) is 1.59. The van der Waals surface area contributed by atoms with E-state index in [2.05, 4.69) is 15.0 Å². The lowest BCUT2D eigenvalue weighted by molar-refractivity contribution is 0.622. The van der Waals surface area contributed by atoms with Crippen molar-refractivity contribution >= 4 is 0 Å². The maximum absolute atomic E-state index is 12.7. The second kappa shape index (κ2) is 5.54. The summed E-state index contributed by atoms with van der Waals surface area (Å²) in [6, 6.07) is 3.02. The summed E-state index contributed by atoms with van der Waals surface area (Å²) in [5.74, 6) is 0.580. The van der Waals surface area contributed by atoms with Crippen molar-refractivity contribution in [2.45, 2.75) is 19.3 Å². The quantitative estimate of drug-likeness (QED) is 0.776. The van der Waals surface area contributed by atoms with Crippen LogP contribution < -0.4 is 5.73 Å². The summed E-state index contributed by atoms with van der Waals surface area (Å²) in [6.45, 7) is 0.701. The van der Waals surface area contributed by atoms with Crippen LogP contribution in [-0.2, 0) is 6.42 Å². The molecule has 5 heteroatoms. The second-order valence-electron chi connectivity index (χ2n) is 3.85. The molecule has 0 bridgehead atoms. The summed E-state index contributed by atoms with van der Waals surface area (Å²) >= 11 is 0. The van der Waals surface area contributed by atoms with Crippen LogP contribution >= 0.6 is 0 Å². The molecule has 0 spiro atoms. The first-order chi connectivity index (χ1) is 8.29. The molecular formula is C12H15FN4. The summed E-state index contributed by atoms with van der Waals surface area (Å²) < 4.78 is 12.7. The van der Waals surface area contributed by atoms with Crippen LogP contribution in [0.15, 0.2) is 24.5 Å². The Morgan fingerprint density at radius 3 is 2.76 bits per heavy atom. The van der Waals surface area contributed by atoms with Crippen LogP contribution in [0, 0.1) is 5.82 Å². The molecule has 0 aromatic carbocycles. The molecule has 0 saturated carbocycles. The van der Waals surface area contributed by atoms with Gasteiger partial charge in [0.1, 0.15) is 11.6 Å². The Morgan fingerprint density at radius 1 is 1.18 bits per heavy atom. The number of H-pyrrole nitrogens is 1. The number of aromatic nitrogens is 3. The molecule has 0 fully saturated rings. The van der Waals surface area contributed by atoms with Gasteiger partial charge in [0, 0.05) is 6.42 Å². The van der Waals surface area contributed by atoms with Crippen LogP contribution in [0.1, 0.15) is 18.7 Å². The van der Waals surface area contributed by atoms with Crippen molar-refractivity contribution in [2.24, 2.45) is 5.73 Å². The van der Waals surface area contributed by atoms with Gasteiger partial charge in [-0.2, -0.15) is 0 Å². The van der Waals surface area contributed by atoms with Crippen molar-refractivity contribution in [3.8, 4) is 11.4 Å². The predicted octanol–water partition coefficient (Wildman–Crippen LogP) is 1.89. The molecule has 0 saturated heterocycles. The number of aromatic amines is 1. The maximum Gasteiger partial charge on any atom is 0.141 e. The van der Waals surface area contributed by atoms with Gasteiger partial charge in [0.15, 0.2) is 0 Å². The van der Waals surface area contributed by atoms with Gasteiger partial charge < -0.3 is 10.7 Å². The van der Waals surface area contributed by atoms with Gasteiger partial charge in [-0.3, -0.25) is 4.98 Å². The average Bonchev–Trinajstić information content (AvgIpc) is 2.79. The first-order valence-electron chi connectivity index (χ1n) is 5.65. The highest BCUT2D eigenvalue weighted by Crippen LogP contribution is 2.14. The van der Waals surface area contributed by atoms with Gasteiger partial charge in [0.05, 0.1) is 23.8 Å². The van der Waals surface area contributed by atoms with Crippen LogP contribution in [0.2, 0.25) is 0 Å². The molecular weight excluding hydrogens is 219 g/mol. The summed E-state index contributed by atoms with van der Waals surface area (Å²) in [7, 11) is 0. The number of nitrogens with two attached hydrogens (primary N) is 1. The van der Waals surface area contributed by atoms with Gasteiger partial charge in [-0.1, -0.05) is 0 Å². The fourth-order valence-electron chi connectivity index (χ4n) is 1.59. The van der Waals surface area contributed by atoms with E-state index >= 15 is 0 Å². The molecule has 3 N–H and O–H groups in total. The third-order valence-corrected chi connectivity index (χ3v) is 2.50. The van der Waals surface area contributed by atoms with E-state index in [1.54, 1.807) is 12.3 Å². The molecule has 90 valence electrons. The van der Waals surface area contributed by atoms with E-state index in [1.165, 1.54) is 12.3 Å². The van der Waals surface area contributed by atoms with Crippen molar-refractivity contribution in [3.63, 3.8) is 0 Å². The van der Waals surface area contributed by atoms with Gasteiger partial charge in [0.25, 0.3) is 0 Å². The average molecular weight is 234 g/mol. The molecule has 4 nitrogen and oxygen atoms in total. The Hall–Kier alpha value is -1.75. The molecule has 0 aliphatic carbocycles. The van der Waals surface area contributed by atoms with Crippen LogP contribution in [0.3, 0.4) is 0 Å². The molecule has 0 amide bonds. The summed E-state index contributed by atoms with van der Waals surface area (Å²) in [5.41, 5.74) is 6.94. The molecule has 17 heavy (non-hydrogen) atoms. The molecule has 2 heterocycles. The van der Waals surface area contributed by atoms with E-state index in [0.29, 0.717) is 12.2 Å². The number of halogens is 1. The van der Waals surface area contributed by atoms with Gasteiger partial charge in [-0.05, 0) is 31.5 Å². The van der Waals surface area contributed by atoms with Crippen molar-refractivity contribution in [2.75, 3.05) is 6.54 Å². The lowest BCUT2D eigenvalue weighted by atomic mass is 10.2. The third kappa shape index (κ3) is 3.10. The van der Waals surface area contributed by atoms with Gasteiger partial charge in [0.2, 0.25) is 0 Å². The topological polar surface area (TPSA) is 67.6 Å². The number of nitrogens with one attached hydrogen (secondary N) is 1. The first-order valence-corrected chi connectivity index (χ1v) is 5.65. The standard InChI is InChI=1S/C12H15FN4/c13-9-4-5-10(15-7-9)11-8-16-12(17-11)3-1-2-6-14/h4-5,7-8H,1-3,6,14H2,(H,16,17). The number of hydrogen-bond acceptors (Lipinski definition) is 3. The van der Waals surface area contributed by atoms with Crippen LogP contribution in [0.4, 0.5) is 4.39 Å². The van der Waals surface area contributed by atoms with Crippen molar-refractivity contribution in [1.82, 2.24) is 15.0 Å². The summed E-state index contributed by atoms with van der Waals surface area (Å²) in [5, 5.41) is 0. The number of pyridine rings is 1. The van der Waals surface area contributed by atoms with E-state index < -0.39 is 0 Å². The lowest BCUT2D eigenvalue weighted by Crippen LogP contribution is -1.99. The van der Waals surface area contributed by atoms with E-state index in [-0.39, 0.29) is 5.82 Å². The fraction of sp³-hybridized carbons (Fsp3) is 0.333. The SMILES string of the molecule is NCCCCc1ncc(-c2ccc(F)cn2)[nH]1. The van der Waals surface area contributed by atoms with Gasteiger partial charge >= 0.3 is 0 Å². The Bertz CT molecular complexity index is 464. The normalized spacial score (nSPS) is 10.7. The minimum absolute atomic E-state index is 0.337. The molecule has 0 unspecified atom stereocenters. The van der Waals surface area contributed by atoms with Gasteiger partial charge in [-0.15, -0.1) is 0 Å². The van der Waals surface area contributed by atoms with Crippen molar-refractivity contribution < 1.29 is 4.39 Å². The molecule has 2 aromatic heterocycles. The Kier molecular flexibility index (Phi) is 3.82. The minimum atomic E-state index is -0.337. The highest BCUT2D eigenvalue weighted by molar-refractivity contribution is 5.52. The number of nitrogens with zero attached hydrogens (tertiary/aromatic N) is 2. The zero-order valence-corrected chi connectivity index (χ0v) is 9.49. The van der Waals surface area contributed by atoms with Crippen LogP contribution in [0.25, 0.3) is 11.4 Å². The van der Waals surface area contributed by atoms with Crippen molar-refractivity contribution in [1.29, 1.82) is 0 Å². The highest BCUT2D eigenvalue weighted by Gasteiger charge is 2.04. The number of aryl methyl sites for hydroxylation is 1. The van der Waals surface area contributed by atoms with Crippen molar-refractivity contribution in [3.05, 3.63) is 36.2 Å². The Morgan fingerprint density at radius 2 is 2.06 bits per heavy atom. The smallest absolute Gasteiger partial charge is 0.141 e. The van der Waals surface area contributed by atoms with Crippen LogP contribution in [-0.4, -0.2) is 21.5 Å². The summed E-state index contributed by atoms with van der Waals surface area (Å²) in [6.07, 6.45) is 5.80. The van der Waals surface area contributed by atoms with E-state index in [1.807, 2.05) is 0 Å². The molecule has 0 radical (unpaired) electrons. The number of unbranched alkanes of at least 4 members (excludes halogenated alkanes) is 1. The van der Waals surface area contributed by atoms with E-state index in [9.17, 15) is 4.39 Å². The molecule has 2 aromatic rings. The highest BCUT2D eigenvalue weighted by atomic mass is 19.1. The molecule has 2 rings (SSSR count). The van der Waals surface area contributed by atoms with Crippen LogP contribution in [0.5, 0.6) is 0 Å². The second-order valence-corrected chi connectivity index (χ2v) is 3.85. The van der Waals surface area contributed by atoms with Gasteiger partial charge in [-0.25, -0.2) is 9.37 Å². The monoisotopic (exact) mass is 234 g/mol. The predicted molar refractivity (Wildman–Crippen MR) is 63.8 cm³/mol. The zero-order valence-electron chi connectivity index (χ0n) is 9.49. The molecule has 0 atom stereocenters. The number of hydrogen-bond donors (Lipinski definition) is 2. The largest absolute Gasteiger partial charge is 0.341 e. The maximum atomic E-state index is 12.7. The lowest BCUT2D eigenvalue weighted by Gasteiger charge is -1.97. The zero-order chi connectivity index (χ0) is 12.1. The first kappa shape index (κ1) is 11.7. The van der Waals surface area contributed by atoms with E-state index in [4.69, 9.17) is 5.73 Å². The minimum Gasteiger partial charge on any atom is -0.341 e. The summed E-state index contributed by atoms with van der Waals surface area (Å²) in [4.78, 5) is 11.4. The number of imidazole rings is 1. The van der Waals surface area contributed by atoms with E-state index in [0.717, 1.165) is 30.8 Å². The Balaban J connectivity index is 2.04. The molecule has 0 aliphatic rings. The number of rotatable bonds is 5. The third-order valence-electron chi connectivity index (χ3n) is 2.50. The Labute approximate surface area is 99.1 Å². The molecule has 0 aliphatic heterocycles.